The van der Waals surface area contributed by atoms with Crippen LogP contribution in [-0.2, 0) is 0 Å². The van der Waals surface area contributed by atoms with Crippen molar-refractivity contribution in [3.05, 3.63) is 27.7 Å². The van der Waals surface area contributed by atoms with Crippen molar-refractivity contribution in [3.8, 4) is 0 Å². The second-order valence-corrected chi connectivity index (χ2v) is 5.56. The Morgan fingerprint density at radius 3 is 2.67 bits per heavy atom. The molecule has 1 aliphatic rings. The van der Waals surface area contributed by atoms with Crippen molar-refractivity contribution in [2.45, 2.75) is 19.8 Å². The summed E-state index contributed by atoms with van der Waals surface area (Å²) in [5.74, 6) is 0.860. The lowest BCUT2D eigenvalue weighted by Crippen LogP contribution is -2.32. The molecule has 0 radical (unpaired) electrons. The quantitative estimate of drug-likeness (QED) is 0.743. The average Bonchev–Trinajstić information content (AvgIpc) is 2.23. The van der Waals surface area contributed by atoms with E-state index in [0.717, 1.165) is 28.5 Å². The van der Waals surface area contributed by atoms with E-state index in [1.165, 1.54) is 18.5 Å². The minimum Gasteiger partial charge on any atom is -0.371 e. The molecule has 0 aliphatic carbocycles. The van der Waals surface area contributed by atoms with E-state index in [0.29, 0.717) is 0 Å². The van der Waals surface area contributed by atoms with Crippen molar-refractivity contribution in [1.29, 1.82) is 0 Å². The summed E-state index contributed by atoms with van der Waals surface area (Å²) < 4.78 is 1.14. The SMILES string of the molecule is CC1CCN(c2cc(Cl)ccc2Br)CC1. The second kappa shape index (κ2) is 4.75. The maximum Gasteiger partial charge on any atom is 0.0525 e. The lowest BCUT2D eigenvalue weighted by atomic mass is 9.99. The standard InChI is InChI=1S/C12H15BrClN/c1-9-4-6-15(7-5-9)12-8-10(14)2-3-11(12)13/h2-3,8-9H,4-7H2,1H3. The van der Waals surface area contributed by atoms with Crippen molar-refractivity contribution in [3.63, 3.8) is 0 Å². The molecule has 0 aromatic heterocycles. The summed E-state index contributed by atoms with van der Waals surface area (Å²) in [4.78, 5) is 2.41. The Kier molecular flexibility index (Phi) is 3.57. The number of anilines is 1. The van der Waals surface area contributed by atoms with E-state index in [2.05, 4.69) is 27.8 Å². The fourth-order valence-corrected chi connectivity index (χ4v) is 2.64. The molecule has 1 aromatic carbocycles. The predicted octanol–water partition coefficient (Wildman–Crippen LogP) is 4.34. The normalized spacial score (nSPS) is 18.2. The van der Waals surface area contributed by atoms with Crippen molar-refractivity contribution in [1.82, 2.24) is 0 Å². The largest absolute Gasteiger partial charge is 0.371 e. The molecule has 2 rings (SSSR count). The number of nitrogens with zero attached hydrogens (tertiary/aromatic N) is 1. The summed E-state index contributed by atoms with van der Waals surface area (Å²) >= 11 is 9.60. The third-order valence-corrected chi connectivity index (χ3v) is 3.94. The Hall–Kier alpha value is -0.210. The molecule has 0 unspecified atom stereocenters. The minimum atomic E-state index is 0.812. The van der Waals surface area contributed by atoms with Crippen molar-refractivity contribution in [2.24, 2.45) is 5.92 Å². The Morgan fingerprint density at radius 1 is 1.33 bits per heavy atom. The van der Waals surface area contributed by atoms with Crippen molar-refractivity contribution in [2.75, 3.05) is 18.0 Å². The Labute approximate surface area is 105 Å². The van der Waals surface area contributed by atoms with Crippen LogP contribution in [-0.4, -0.2) is 13.1 Å². The van der Waals surface area contributed by atoms with Gasteiger partial charge in [0.15, 0.2) is 0 Å². The summed E-state index contributed by atoms with van der Waals surface area (Å²) in [6.45, 7) is 4.60. The lowest BCUT2D eigenvalue weighted by Gasteiger charge is -2.32. The number of hydrogen-bond donors (Lipinski definition) is 0. The highest BCUT2D eigenvalue weighted by atomic mass is 79.9. The average molecular weight is 289 g/mol. The van der Waals surface area contributed by atoms with Gasteiger partial charge in [-0.1, -0.05) is 18.5 Å². The fourth-order valence-electron chi connectivity index (χ4n) is 1.98. The smallest absolute Gasteiger partial charge is 0.0525 e. The molecule has 0 N–H and O–H groups in total. The van der Waals surface area contributed by atoms with Gasteiger partial charge in [0.25, 0.3) is 0 Å². The van der Waals surface area contributed by atoms with Gasteiger partial charge in [-0.25, -0.2) is 0 Å². The molecule has 0 saturated carbocycles. The van der Waals surface area contributed by atoms with Crippen molar-refractivity contribution < 1.29 is 0 Å². The van der Waals surface area contributed by atoms with E-state index in [9.17, 15) is 0 Å². The van der Waals surface area contributed by atoms with E-state index >= 15 is 0 Å². The monoisotopic (exact) mass is 287 g/mol. The van der Waals surface area contributed by atoms with Gasteiger partial charge in [-0.3, -0.25) is 0 Å². The van der Waals surface area contributed by atoms with Gasteiger partial charge in [0.05, 0.1) is 5.69 Å². The molecule has 1 saturated heterocycles. The first kappa shape index (κ1) is 11.3. The minimum absolute atomic E-state index is 0.812. The van der Waals surface area contributed by atoms with Gasteiger partial charge in [-0.05, 0) is 52.9 Å². The summed E-state index contributed by atoms with van der Waals surface area (Å²) in [5, 5.41) is 0.812. The molecule has 1 heterocycles. The molecule has 1 aromatic rings. The zero-order valence-electron chi connectivity index (χ0n) is 8.84. The van der Waals surface area contributed by atoms with Crippen LogP contribution in [0.25, 0.3) is 0 Å². The third kappa shape index (κ3) is 2.67. The molecular weight excluding hydrogens is 273 g/mol. The Balaban J connectivity index is 2.18. The highest BCUT2D eigenvalue weighted by molar-refractivity contribution is 9.10. The third-order valence-electron chi connectivity index (χ3n) is 3.03. The zero-order valence-corrected chi connectivity index (χ0v) is 11.2. The van der Waals surface area contributed by atoms with Gasteiger partial charge in [0.2, 0.25) is 0 Å². The number of benzene rings is 1. The maximum absolute atomic E-state index is 6.02. The first-order valence-electron chi connectivity index (χ1n) is 5.37. The first-order valence-corrected chi connectivity index (χ1v) is 6.54. The molecule has 0 spiro atoms. The van der Waals surface area contributed by atoms with E-state index in [1.807, 2.05) is 18.2 Å². The second-order valence-electron chi connectivity index (χ2n) is 4.27. The van der Waals surface area contributed by atoms with Crippen LogP contribution in [0.15, 0.2) is 22.7 Å². The van der Waals surface area contributed by atoms with Crippen LogP contribution >= 0.6 is 27.5 Å². The van der Waals surface area contributed by atoms with Gasteiger partial charge in [0, 0.05) is 22.6 Å². The van der Waals surface area contributed by atoms with Crippen LogP contribution in [0.3, 0.4) is 0 Å². The van der Waals surface area contributed by atoms with Crippen LogP contribution < -0.4 is 4.90 Å². The summed E-state index contributed by atoms with van der Waals surface area (Å²) in [6, 6.07) is 5.99. The molecular formula is C12H15BrClN. The number of rotatable bonds is 1. The summed E-state index contributed by atoms with van der Waals surface area (Å²) in [6.07, 6.45) is 2.55. The van der Waals surface area contributed by atoms with E-state index in [1.54, 1.807) is 0 Å². The van der Waals surface area contributed by atoms with E-state index < -0.39 is 0 Å². The van der Waals surface area contributed by atoms with Gasteiger partial charge in [-0.15, -0.1) is 0 Å². The number of hydrogen-bond acceptors (Lipinski definition) is 1. The molecule has 3 heteroatoms. The first-order chi connectivity index (χ1) is 7.16. The van der Waals surface area contributed by atoms with Gasteiger partial charge in [-0.2, -0.15) is 0 Å². The van der Waals surface area contributed by atoms with Crippen LogP contribution in [0.2, 0.25) is 5.02 Å². The molecule has 15 heavy (non-hydrogen) atoms. The van der Waals surface area contributed by atoms with E-state index in [4.69, 9.17) is 11.6 Å². The predicted molar refractivity (Wildman–Crippen MR) is 69.8 cm³/mol. The zero-order chi connectivity index (χ0) is 10.8. The Bertz CT molecular complexity index is 345. The van der Waals surface area contributed by atoms with Crippen LogP contribution in [0, 0.1) is 5.92 Å². The highest BCUT2D eigenvalue weighted by Gasteiger charge is 2.17. The van der Waals surface area contributed by atoms with E-state index in [-0.39, 0.29) is 0 Å². The Morgan fingerprint density at radius 2 is 2.00 bits per heavy atom. The molecule has 82 valence electrons. The van der Waals surface area contributed by atoms with Gasteiger partial charge < -0.3 is 4.90 Å². The fraction of sp³-hybridized carbons (Fsp3) is 0.500. The summed E-state index contributed by atoms with van der Waals surface area (Å²) in [7, 11) is 0. The molecule has 0 atom stereocenters. The molecule has 1 nitrogen and oxygen atoms in total. The molecule has 1 fully saturated rings. The van der Waals surface area contributed by atoms with Gasteiger partial charge >= 0.3 is 0 Å². The lowest BCUT2D eigenvalue weighted by molar-refractivity contribution is 0.438. The van der Waals surface area contributed by atoms with Crippen molar-refractivity contribution >= 4 is 33.2 Å². The molecule has 1 aliphatic heterocycles. The van der Waals surface area contributed by atoms with Crippen LogP contribution in [0.1, 0.15) is 19.8 Å². The highest BCUT2D eigenvalue weighted by Crippen LogP contribution is 2.32. The van der Waals surface area contributed by atoms with Gasteiger partial charge in [0.1, 0.15) is 0 Å². The van der Waals surface area contributed by atoms with Crippen LogP contribution in [0.4, 0.5) is 5.69 Å². The maximum atomic E-state index is 6.02. The number of piperidine rings is 1. The summed E-state index contributed by atoms with van der Waals surface area (Å²) in [5.41, 5.74) is 1.23. The molecule has 0 amide bonds. The number of halogens is 2. The topological polar surface area (TPSA) is 3.24 Å². The molecule has 0 bridgehead atoms. The van der Waals surface area contributed by atoms with Crippen LogP contribution in [0.5, 0.6) is 0 Å².